The van der Waals surface area contributed by atoms with Crippen LogP contribution >= 0.6 is 0 Å². The van der Waals surface area contributed by atoms with E-state index in [0.717, 1.165) is 5.76 Å². The number of amides is 1. The lowest BCUT2D eigenvalue weighted by atomic mass is 10.2. The fraction of sp³-hybridized carbons (Fsp3) is 0.267. The smallest absolute Gasteiger partial charge is 0.258 e. The molecule has 1 unspecified atom stereocenters. The molecule has 1 amide bonds. The lowest BCUT2D eigenvalue weighted by Gasteiger charge is -2.12. The predicted octanol–water partition coefficient (Wildman–Crippen LogP) is 2.98. The Morgan fingerprint density at radius 2 is 2.10 bits per heavy atom. The van der Waals surface area contributed by atoms with E-state index >= 15 is 0 Å². The molecule has 1 aromatic heterocycles. The van der Waals surface area contributed by atoms with Crippen molar-refractivity contribution in [2.45, 2.75) is 19.9 Å². The van der Waals surface area contributed by atoms with Gasteiger partial charge in [-0.25, -0.2) is 4.39 Å². The van der Waals surface area contributed by atoms with Gasteiger partial charge in [0.2, 0.25) is 0 Å². The van der Waals surface area contributed by atoms with E-state index in [1.807, 2.05) is 13.0 Å². The molecule has 0 saturated heterocycles. The maximum absolute atomic E-state index is 13.3. The summed E-state index contributed by atoms with van der Waals surface area (Å²) in [4.78, 5) is 11.7. The van der Waals surface area contributed by atoms with Crippen LogP contribution in [0.5, 0.6) is 5.75 Å². The second kappa shape index (κ2) is 6.23. The molecule has 0 bridgehead atoms. The third-order valence-corrected chi connectivity index (χ3v) is 2.76. The van der Waals surface area contributed by atoms with Gasteiger partial charge in [0, 0.05) is 0 Å². The fourth-order valence-corrected chi connectivity index (χ4v) is 1.75. The average Bonchev–Trinajstić information content (AvgIpc) is 2.84. The van der Waals surface area contributed by atoms with Crippen molar-refractivity contribution < 1.29 is 18.3 Å². The van der Waals surface area contributed by atoms with Gasteiger partial charge in [-0.3, -0.25) is 4.79 Å². The van der Waals surface area contributed by atoms with Crippen molar-refractivity contribution in [1.29, 1.82) is 0 Å². The number of carbonyl (C=O) groups excluding carboxylic acids is 1. The zero-order valence-corrected chi connectivity index (χ0v) is 11.4. The van der Waals surface area contributed by atoms with Crippen molar-refractivity contribution in [2.24, 2.45) is 0 Å². The van der Waals surface area contributed by atoms with Crippen LogP contribution < -0.4 is 10.1 Å². The minimum Gasteiger partial charge on any atom is -0.481 e. The molecular weight excluding hydrogens is 261 g/mol. The van der Waals surface area contributed by atoms with Crippen LogP contribution in [0.4, 0.5) is 4.39 Å². The number of carbonyl (C=O) groups is 1. The number of benzene rings is 1. The minimum atomic E-state index is -0.491. The van der Waals surface area contributed by atoms with E-state index in [0.29, 0.717) is 5.76 Å². The number of para-hydroxylation sites is 1. The van der Waals surface area contributed by atoms with Crippen LogP contribution in [-0.4, -0.2) is 12.5 Å². The first-order valence-electron chi connectivity index (χ1n) is 6.29. The van der Waals surface area contributed by atoms with Crippen LogP contribution in [0, 0.1) is 12.7 Å². The normalized spacial score (nSPS) is 11.9. The number of hydrogen-bond acceptors (Lipinski definition) is 3. The standard InChI is InChI=1S/C15H16FNO3/c1-10-7-8-13(20-10)11(2)17-15(18)9-19-14-6-4-3-5-12(14)16/h3-8,11H,9H2,1-2H3,(H,17,18). The summed E-state index contributed by atoms with van der Waals surface area (Å²) in [5, 5.41) is 2.72. The van der Waals surface area contributed by atoms with Crippen molar-refractivity contribution in [3.8, 4) is 5.75 Å². The Bertz CT molecular complexity index is 594. The number of furan rings is 1. The van der Waals surface area contributed by atoms with Crippen LogP contribution in [-0.2, 0) is 4.79 Å². The first-order valence-corrected chi connectivity index (χ1v) is 6.29. The summed E-state index contributed by atoms with van der Waals surface area (Å²) >= 11 is 0. The highest BCUT2D eigenvalue weighted by molar-refractivity contribution is 5.77. The molecule has 1 heterocycles. The highest BCUT2D eigenvalue weighted by Crippen LogP contribution is 2.16. The van der Waals surface area contributed by atoms with Crippen molar-refractivity contribution in [3.63, 3.8) is 0 Å². The van der Waals surface area contributed by atoms with Crippen LogP contribution in [0.15, 0.2) is 40.8 Å². The van der Waals surface area contributed by atoms with Gasteiger partial charge in [0.05, 0.1) is 6.04 Å². The first-order chi connectivity index (χ1) is 9.56. The molecule has 106 valence electrons. The molecule has 0 spiro atoms. The number of ether oxygens (including phenoxy) is 1. The average molecular weight is 277 g/mol. The van der Waals surface area contributed by atoms with Crippen molar-refractivity contribution in [3.05, 3.63) is 53.7 Å². The number of aryl methyl sites for hydroxylation is 1. The summed E-state index contributed by atoms with van der Waals surface area (Å²) in [6.45, 7) is 3.39. The van der Waals surface area contributed by atoms with Crippen molar-refractivity contribution in [2.75, 3.05) is 6.61 Å². The molecule has 5 heteroatoms. The largest absolute Gasteiger partial charge is 0.481 e. The Morgan fingerprint density at radius 1 is 1.35 bits per heavy atom. The predicted molar refractivity (Wildman–Crippen MR) is 71.9 cm³/mol. The molecule has 0 aliphatic rings. The highest BCUT2D eigenvalue weighted by atomic mass is 19.1. The number of rotatable bonds is 5. The molecule has 20 heavy (non-hydrogen) atoms. The molecule has 2 rings (SSSR count). The van der Waals surface area contributed by atoms with E-state index in [1.165, 1.54) is 12.1 Å². The second-order valence-corrected chi connectivity index (χ2v) is 4.46. The molecule has 1 aromatic carbocycles. The SMILES string of the molecule is Cc1ccc(C(C)NC(=O)COc2ccccc2F)o1. The number of nitrogens with one attached hydrogen (secondary N) is 1. The third-order valence-electron chi connectivity index (χ3n) is 2.76. The maximum atomic E-state index is 13.3. The maximum Gasteiger partial charge on any atom is 0.258 e. The van der Waals surface area contributed by atoms with Crippen LogP contribution in [0.25, 0.3) is 0 Å². The molecule has 0 radical (unpaired) electrons. The zero-order chi connectivity index (χ0) is 14.5. The molecule has 4 nitrogen and oxygen atoms in total. The molecular formula is C15H16FNO3. The zero-order valence-electron chi connectivity index (χ0n) is 11.4. The molecule has 0 fully saturated rings. The van der Waals surface area contributed by atoms with Gasteiger partial charge in [-0.15, -0.1) is 0 Å². The van der Waals surface area contributed by atoms with E-state index in [-0.39, 0.29) is 24.3 Å². The van der Waals surface area contributed by atoms with Crippen LogP contribution in [0.3, 0.4) is 0 Å². The monoisotopic (exact) mass is 277 g/mol. The van der Waals surface area contributed by atoms with Gasteiger partial charge in [0.25, 0.3) is 5.91 Å². The highest BCUT2D eigenvalue weighted by Gasteiger charge is 2.13. The van der Waals surface area contributed by atoms with Gasteiger partial charge in [-0.2, -0.15) is 0 Å². The molecule has 2 aromatic rings. The van der Waals surface area contributed by atoms with Gasteiger partial charge in [-0.05, 0) is 38.1 Å². The summed E-state index contributed by atoms with van der Waals surface area (Å²) in [5.41, 5.74) is 0. The van der Waals surface area contributed by atoms with Gasteiger partial charge >= 0.3 is 0 Å². The van der Waals surface area contributed by atoms with E-state index in [4.69, 9.17) is 9.15 Å². The van der Waals surface area contributed by atoms with Crippen molar-refractivity contribution in [1.82, 2.24) is 5.32 Å². The Hall–Kier alpha value is -2.30. The van der Waals surface area contributed by atoms with Gasteiger partial charge in [0.1, 0.15) is 11.5 Å². The summed E-state index contributed by atoms with van der Waals surface area (Å²) < 4.78 is 23.8. The molecule has 1 atom stereocenters. The van der Waals surface area contributed by atoms with Crippen LogP contribution in [0.2, 0.25) is 0 Å². The van der Waals surface area contributed by atoms with E-state index in [1.54, 1.807) is 25.1 Å². The molecule has 0 saturated carbocycles. The summed E-state index contributed by atoms with van der Waals surface area (Å²) in [7, 11) is 0. The Labute approximate surface area is 116 Å². The summed E-state index contributed by atoms with van der Waals surface area (Å²) in [5.74, 6) is 0.680. The van der Waals surface area contributed by atoms with E-state index in [9.17, 15) is 9.18 Å². The topological polar surface area (TPSA) is 51.5 Å². The quantitative estimate of drug-likeness (QED) is 0.914. The van der Waals surface area contributed by atoms with E-state index in [2.05, 4.69) is 5.32 Å². The van der Waals surface area contributed by atoms with Crippen LogP contribution in [0.1, 0.15) is 24.5 Å². The summed E-state index contributed by atoms with van der Waals surface area (Å²) in [6.07, 6.45) is 0. The lowest BCUT2D eigenvalue weighted by molar-refractivity contribution is -0.123. The number of hydrogen-bond donors (Lipinski definition) is 1. The Balaban J connectivity index is 1.85. The van der Waals surface area contributed by atoms with Gasteiger partial charge in [-0.1, -0.05) is 12.1 Å². The van der Waals surface area contributed by atoms with E-state index < -0.39 is 5.82 Å². The fourth-order valence-electron chi connectivity index (χ4n) is 1.75. The third kappa shape index (κ3) is 3.60. The molecule has 0 aliphatic carbocycles. The first kappa shape index (κ1) is 14.1. The molecule has 1 N–H and O–H groups in total. The minimum absolute atomic E-state index is 0.0594. The number of halogens is 1. The second-order valence-electron chi connectivity index (χ2n) is 4.46. The Kier molecular flexibility index (Phi) is 4.40. The molecule has 0 aliphatic heterocycles. The van der Waals surface area contributed by atoms with Gasteiger partial charge < -0.3 is 14.5 Å². The van der Waals surface area contributed by atoms with Crippen molar-refractivity contribution >= 4 is 5.91 Å². The summed E-state index contributed by atoms with van der Waals surface area (Å²) in [6, 6.07) is 9.32. The lowest BCUT2D eigenvalue weighted by Crippen LogP contribution is -2.31. The Morgan fingerprint density at radius 3 is 2.75 bits per heavy atom. The van der Waals surface area contributed by atoms with Gasteiger partial charge in [0.15, 0.2) is 18.2 Å².